The van der Waals surface area contributed by atoms with Gasteiger partial charge >= 0.3 is 0 Å². The van der Waals surface area contributed by atoms with Crippen molar-refractivity contribution < 1.29 is 19.0 Å². The Hall–Kier alpha value is -3.22. The highest BCUT2D eigenvalue weighted by Gasteiger charge is 2.13. The van der Waals surface area contributed by atoms with Gasteiger partial charge in [0.1, 0.15) is 0 Å². The molecular weight excluding hydrogens is 322 g/mol. The highest BCUT2D eigenvalue weighted by atomic mass is 16.5. The van der Waals surface area contributed by atoms with Gasteiger partial charge in [0.05, 0.1) is 33.6 Å². The summed E-state index contributed by atoms with van der Waals surface area (Å²) in [6.45, 7) is 4.11. The van der Waals surface area contributed by atoms with Crippen LogP contribution in [0, 0.1) is 0 Å². The van der Waals surface area contributed by atoms with Crippen LogP contribution >= 0.6 is 0 Å². The van der Waals surface area contributed by atoms with Gasteiger partial charge in [-0.2, -0.15) is 0 Å². The Labute approximate surface area is 146 Å². The number of hydrogen-bond acceptors (Lipinski definition) is 6. The van der Waals surface area contributed by atoms with Crippen LogP contribution in [-0.4, -0.2) is 32.2 Å². The van der Waals surface area contributed by atoms with Crippen LogP contribution in [0.4, 0.5) is 5.69 Å². The third kappa shape index (κ3) is 4.20. The number of primary amides is 1. The lowest BCUT2D eigenvalue weighted by molar-refractivity contribution is -0.112. The molecule has 1 amide bonds. The van der Waals surface area contributed by atoms with Crippen LogP contribution in [0.2, 0.25) is 0 Å². The quantitative estimate of drug-likeness (QED) is 0.714. The number of amides is 1. The van der Waals surface area contributed by atoms with Gasteiger partial charge in [-0.15, -0.1) is 0 Å². The molecular formula is C18H21N3O4. The molecule has 25 heavy (non-hydrogen) atoms. The number of rotatable bonds is 8. The van der Waals surface area contributed by atoms with Crippen molar-refractivity contribution in [3.8, 4) is 17.2 Å². The molecule has 7 nitrogen and oxygen atoms in total. The van der Waals surface area contributed by atoms with Crippen molar-refractivity contribution in [2.75, 3.05) is 26.6 Å². The topological polar surface area (TPSA) is 95.7 Å². The molecule has 2 aromatic rings. The van der Waals surface area contributed by atoms with E-state index in [0.29, 0.717) is 29.4 Å². The molecule has 0 aliphatic heterocycles. The van der Waals surface area contributed by atoms with Crippen molar-refractivity contribution in [2.45, 2.75) is 6.54 Å². The number of carbonyl (C=O) groups excluding carboxylic acids is 1. The number of aromatic nitrogens is 1. The number of nitrogens with one attached hydrogen (secondary N) is 1. The third-order valence-electron chi connectivity index (χ3n) is 3.61. The highest BCUT2D eigenvalue weighted by Crippen LogP contribution is 2.39. The monoisotopic (exact) mass is 343 g/mol. The maximum absolute atomic E-state index is 11.1. The van der Waals surface area contributed by atoms with E-state index < -0.39 is 5.91 Å². The van der Waals surface area contributed by atoms with Crippen LogP contribution in [-0.2, 0) is 11.3 Å². The van der Waals surface area contributed by atoms with E-state index in [9.17, 15) is 4.79 Å². The predicted molar refractivity (Wildman–Crippen MR) is 95.9 cm³/mol. The summed E-state index contributed by atoms with van der Waals surface area (Å²) in [6, 6.07) is 7.18. The molecule has 2 rings (SSSR count). The SMILES string of the molecule is C=C(C(N)=O)c1ccc(CNc2cc(OC)c(OC)c(OC)c2)nc1. The zero-order valence-electron chi connectivity index (χ0n) is 14.5. The van der Waals surface area contributed by atoms with Crippen molar-refractivity contribution in [3.05, 3.63) is 48.3 Å². The van der Waals surface area contributed by atoms with E-state index in [4.69, 9.17) is 19.9 Å². The molecule has 0 radical (unpaired) electrons. The first-order valence-electron chi connectivity index (χ1n) is 7.48. The average Bonchev–Trinajstić information content (AvgIpc) is 2.64. The van der Waals surface area contributed by atoms with E-state index in [1.165, 1.54) is 0 Å². The number of carbonyl (C=O) groups is 1. The number of anilines is 1. The number of hydrogen-bond donors (Lipinski definition) is 2. The molecule has 1 aromatic carbocycles. The average molecular weight is 343 g/mol. The first-order valence-corrected chi connectivity index (χ1v) is 7.48. The second-order valence-corrected chi connectivity index (χ2v) is 5.15. The molecule has 0 saturated heterocycles. The van der Waals surface area contributed by atoms with Crippen molar-refractivity contribution in [2.24, 2.45) is 5.73 Å². The van der Waals surface area contributed by atoms with Gasteiger partial charge in [0, 0.05) is 35.2 Å². The van der Waals surface area contributed by atoms with Gasteiger partial charge in [0.15, 0.2) is 11.5 Å². The third-order valence-corrected chi connectivity index (χ3v) is 3.61. The second-order valence-electron chi connectivity index (χ2n) is 5.15. The minimum atomic E-state index is -0.565. The van der Waals surface area contributed by atoms with E-state index in [1.54, 1.807) is 39.7 Å². The zero-order valence-corrected chi connectivity index (χ0v) is 14.5. The van der Waals surface area contributed by atoms with Crippen LogP contribution in [0.1, 0.15) is 11.3 Å². The first-order chi connectivity index (χ1) is 12.0. The molecule has 0 atom stereocenters. The maximum atomic E-state index is 11.1. The molecule has 0 aliphatic carbocycles. The van der Waals surface area contributed by atoms with E-state index in [1.807, 2.05) is 12.1 Å². The predicted octanol–water partition coefficient (Wildman–Crippen LogP) is 2.22. The number of ether oxygens (including phenoxy) is 3. The first kappa shape index (κ1) is 18.1. The van der Waals surface area contributed by atoms with Gasteiger partial charge < -0.3 is 25.3 Å². The van der Waals surface area contributed by atoms with Crippen molar-refractivity contribution >= 4 is 17.2 Å². The molecule has 0 spiro atoms. The standard InChI is InChI=1S/C18H21N3O4/c1-11(18(19)22)12-5-6-13(20-9-12)10-21-14-7-15(23-2)17(25-4)16(8-14)24-3/h5-9,21H,1,10H2,2-4H3,(H2,19,22). The Balaban J connectivity index is 2.13. The van der Waals surface area contributed by atoms with Crippen molar-refractivity contribution in [1.82, 2.24) is 4.98 Å². The van der Waals surface area contributed by atoms with Gasteiger partial charge in [0.2, 0.25) is 11.7 Å². The molecule has 132 valence electrons. The van der Waals surface area contributed by atoms with Crippen molar-refractivity contribution in [3.63, 3.8) is 0 Å². The Morgan fingerprint density at radius 2 is 1.80 bits per heavy atom. The van der Waals surface area contributed by atoms with Crippen LogP contribution in [0.3, 0.4) is 0 Å². The lowest BCUT2D eigenvalue weighted by Gasteiger charge is -2.15. The fourth-order valence-corrected chi connectivity index (χ4v) is 2.23. The molecule has 3 N–H and O–H groups in total. The number of benzene rings is 1. The lowest BCUT2D eigenvalue weighted by atomic mass is 10.1. The Kier molecular flexibility index (Phi) is 5.84. The minimum absolute atomic E-state index is 0.233. The van der Waals surface area contributed by atoms with E-state index in [0.717, 1.165) is 11.4 Å². The minimum Gasteiger partial charge on any atom is -0.493 e. The van der Waals surface area contributed by atoms with Gasteiger partial charge in [0.25, 0.3) is 0 Å². The fourth-order valence-electron chi connectivity index (χ4n) is 2.23. The van der Waals surface area contributed by atoms with Gasteiger partial charge in [-0.25, -0.2) is 0 Å². The van der Waals surface area contributed by atoms with Crippen LogP contribution in [0.5, 0.6) is 17.2 Å². The smallest absolute Gasteiger partial charge is 0.248 e. The van der Waals surface area contributed by atoms with Crippen LogP contribution < -0.4 is 25.3 Å². The molecule has 0 unspecified atom stereocenters. The van der Waals surface area contributed by atoms with E-state index in [-0.39, 0.29) is 5.57 Å². The van der Waals surface area contributed by atoms with Crippen LogP contribution in [0.25, 0.3) is 5.57 Å². The molecule has 1 aromatic heterocycles. The number of pyridine rings is 1. The Morgan fingerprint density at radius 1 is 1.16 bits per heavy atom. The second kappa shape index (κ2) is 8.05. The largest absolute Gasteiger partial charge is 0.493 e. The molecule has 0 saturated carbocycles. The van der Waals surface area contributed by atoms with Gasteiger partial charge in [-0.3, -0.25) is 9.78 Å². The van der Waals surface area contributed by atoms with Crippen LogP contribution in [0.15, 0.2) is 37.0 Å². The Bertz CT molecular complexity index is 747. The normalized spacial score (nSPS) is 10.0. The maximum Gasteiger partial charge on any atom is 0.248 e. The summed E-state index contributed by atoms with van der Waals surface area (Å²) in [5.74, 6) is 1.09. The Morgan fingerprint density at radius 3 is 2.24 bits per heavy atom. The van der Waals surface area contributed by atoms with E-state index in [2.05, 4.69) is 16.9 Å². The molecule has 0 fully saturated rings. The number of methoxy groups -OCH3 is 3. The summed E-state index contributed by atoms with van der Waals surface area (Å²) < 4.78 is 15.9. The highest BCUT2D eigenvalue weighted by molar-refractivity contribution is 6.17. The summed E-state index contributed by atoms with van der Waals surface area (Å²) in [5, 5.41) is 3.24. The summed E-state index contributed by atoms with van der Waals surface area (Å²) in [6.07, 6.45) is 1.57. The zero-order chi connectivity index (χ0) is 18.4. The lowest BCUT2D eigenvalue weighted by Crippen LogP contribution is -2.12. The number of nitrogens with two attached hydrogens (primary N) is 1. The van der Waals surface area contributed by atoms with Gasteiger partial charge in [-0.05, 0) is 6.07 Å². The van der Waals surface area contributed by atoms with Crippen molar-refractivity contribution in [1.29, 1.82) is 0 Å². The molecule has 7 heteroatoms. The summed E-state index contributed by atoms with van der Waals surface area (Å²) in [7, 11) is 4.68. The summed E-state index contributed by atoms with van der Waals surface area (Å²) in [5.41, 5.74) is 7.62. The van der Waals surface area contributed by atoms with Gasteiger partial charge in [-0.1, -0.05) is 12.6 Å². The molecule has 0 bridgehead atoms. The molecule has 0 aliphatic rings. The summed E-state index contributed by atoms with van der Waals surface area (Å²) >= 11 is 0. The number of nitrogens with zero attached hydrogens (tertiary/aromatic N) is 1. The summed E-state index contributed by atoms with van der Waals surface area (Å²) in [4.78, 5) is 15.4. The molecule has 1 heterocycles. The van der Waals surface area contributed by atoms with E-state index >= 15 is 0 Å². The fraction of sp³-hybridized carbons (Fsp3) is 0.222.